The number of hydrogen-bond donors (Lipinski definition) is 1. The maximum absolute atomic E-state index is 13.3. The van der Waals surface area contributed by atoms with Gasteiger partial charge in [-0.15, -0.1) is 0 Å². The van der Waals surface area contributed by atoms with Crippen molar-refractivity contribution in [3.63, 3.8) is 0 Å². The lowest BCUT2D eigenvalue weighted by atomic mass is 9.92. The first kappa shape index (κ1) is 17.1. The number of carbonyl (C=O) groups is 1. The minimum Gasteiger partial charge on any atom is -0.362 e. The topological polar surface area (TPSA) is 71.0 Å². The average molecular weight is 354 g/mol. The monoisotopic (exact) mass is 354 g/mol. The molecule has 6 heteroatoms. The molecule has 3 heterocycles. The highest BCUT2D eigenvalue weighted by Gasteiger charge is 2.31. The fourth-order valence-electron chi connectivity index (χ4n) is 4.44. The summed E-state index contributed by atoms with van der Waals surface area (Å²) in [6.07, 6.45) is 6.16. The molecule has 2 aliphatic rings. The van der Waals surface area contributed by atoms with Gasteiger partial charge in [-0.3, -0.25) is 14.3 Å². The fraction of sp³-hybridized carbons (Fsp3) is 0.550. The van der Waals surface area contributed by atoms with E-state index in [1.807, 2.05) is 18.9 Å². The first-order valence-corrected chi connectivity index (χ1v) is 9.58. The van der Waals surface area contributed by atoms with Crippen LogP contribution in [0.5, 0.6) is 0 Å². The highest BCUT2D eigenvalue weighted by atomic mass is 16.2. The fourth-order valence-corrected chi connectivity index (χ4v) is 4.44. The maximum Gasteiger partial charge on any atom is 0.272 e. The van der Waals surface area contributed by atoms with Crippen molar-refractivity contribution in [3.8, 4) is 0 Å². The van der Waals surface area contributed by atoms with Crippen LogP contribution in [-0.2, 0) is 19.9 Å². The van der Waals surface area contributed by atoms with Crippen LogP contribution in [0.15, 0.2) is 16.9 Å². The Morgan fingerprint density at radius 3 is 2.85 bits per heavy atom. The van der Waals surface area contributed by atoms with Gasteiger partial charge in [-0.1, -0.05) is 0 Å². The van der Waals surface area contributed by atoms with E-state index in [-0.39, 0.29) is 17.3 Å². The number of aromatic nitrogens is 3. The second-order valence-corrected chi connectivity index (χ2v) is 7.65. The number of fused-ring (bicyclic) bond motifs is 1. The third-order valence-corrected chi connectivity index (χ3v) is 5.67. The van der Waals surface area contributed by atoms with Gasteiger partial charge in [0, 0.05) is 55.1 Å². The molecule has 0 bridgehead atoms. The van der Waals surface area contributed by atoms with Crippen molar-refractivity contribution >= 4 is 5.91 Å². The summed E-state index contributed by atoms with van der Waals surface area (Å²) in [6, 6.07) is 3.29. The normalized spacial score (nSPS) is 20.1. The number of hydrogen-bond acceptors (Lipinski definition) is 3. The predicted octanol–water partition coefficient (Wildman–Crippen LogP) is 2.32. The molecule has 6 nitrogen and oxygen atoms in total. The highest BCUT2D eigenvalue weighted by molar-refractivity contribution is 5.94. The van der Waals surface area contributed by atoms with Gasteiger partial charge in [-0.05, 0) is 45.4 Å². The second kappa shape index (κ2) is 6.74. The van der Waals surface area contributed by atoms with Gasteiger partial charge in [-0.25, -0.2) is 0 Å². The third kappa shape index (κ3) is 3.08. The SMILES string of the molecule is Cc1cc(=O)cc([C@@H]2CCCN(C(=O)c3c4c(nn3C)CCCC4)C2)[nH]1. The zero-order valence-electron chi connectivity index (χ0n) is 15.5. The number of carbonyl (C=O) groups excluding carboxylic acids is 1. The molecule has 0 radical (unpaired) electrons. The zero-order valence-corrected chi connectivity index (χ0v) is 15.5. The van der Waals surface area contributed by atoms with Crippen LogP contribution in [0.1, 0.15) is 64.7 Å². The van der Waals surface area contributed by atoms with Gasteiger partial charge >= 0.3 is 0 Å². The van der Waals surface area contributed by atoms with Gasteiger partial charge < -0.3 is 9.88 Å². The Morgan fingerprint density at radius 2 is 2.04 bits per heavy atom. The summed E-state index contributed by atoms with van der Waals surface area (Å²) in [5, 5.41) is 4.59. The molecule has 1 fully saturated rings. The van der Waals surface area contributed by atoms with E-state index in [0.29, 0.717) is 6.54 Å². The molecule has 1 N–H and O–H groups in total. The molecule has 0 unspecified atom stereocenters. The van der Waals surface area contributed by atoms with Gasteiger partial charge in [0.1, 0.15) is 5.69 Å². The number of likely N-dealkylation sites (tertiary alicyclic amines) is 1. The van der Waals surface area contributed by atoms with Gasteiger partial charge in [-0.2, -0.15) is 5.10 Å². The van der Waals surface area contributed by atoms with E-state index in [1.54, 1.807) is 16.8 Å². The van der Waals surface area contributed by atoms with Crippen LogP contribution in [0.4, 0.5) is 0 Å². The Kier molecular flexibility index (Phi) is 4.42. The number of H-pyrrole nitrogens is 1. The number of pyridine rings is 1. The Morgan fingerprint density at radius 1 is 1.23 bits per heavy atom. The summed E-state index contributed by atoms with van der Waals surface area (Å²) >= 11 is 0. The van der Waals surface area contributed by atoms with Crippen LogP contribution < -0.4 is 5.43 Å². The summed E-state index contributed by atoms with van der Waals surface area (Å²) in [5.74, 6) is 0.271. The minimum atomic E-state index is 0.0282. The summed E-state index contributed by atoms with van der Waals surface area (Å²) in [4.78, 5) is 30.4. The van der Waals surface area contributed by atoms with E-state index in [4.69, 9.17) is 0 Å². The van der Waals surface area contributed by atoms with Crippen LogP contribution in [0.2, 0.25) is 0 Å². The van der Waals surface area contributed by atoms with Crippen molar-refractivity contribution in [2.45, 2.75) is 51.4 Å². The van der Waals surface area contributed by atoms with Gasteiger partial charge in [0.15, 0.2) is 5.43 Å². The number of rotatable bonds is 2. The lowest BCUT2D eigenvalue weighted by Gasteiger charge is -2.33. The van der Waals surface area contributed by atoms with Crippen molar-refractivity contribution in [2.24, 2.45) is 7.05 Å². The lowest BCUT2D eigenvalue weighted by molar-refractivity contribution is 0.0693. The van der Waals surface area contributed by atoms with Crippen molar-refractivity contribution in [3.05, 3.63) is 50.7 Å². The van der Waals surface area contributed by atoms with E-state index < -0.39 is 0 Å². The number of piperidine rings is 1. The van der Waals surface area contributed by atoms with E-state index in [1.165, 1.54) is 0 Å². The number of nitrogens with zero attached hydrogens (tertiary/aromatic N) is 3. The Bertz CT molecular complexity index is 896. The van der Waals surface area contributed by atoms with Gasteiger partial charge in [0.05, 0.1) is 5.69 Å². The zero-order chi connectivity index (χ0) is 18.3. The molecule has 138 valence electrons. The molecule has 1 saturated heterocycles. The lowest BCUT2D eigenvalue weighted by Crippen LogP contribution is -2.40. The molecule has 0 aromatic carbocycles. The molecule has 1 amide bonds. The number of aryl methyl sites for hydroxylation is 3. The summed E-state index contributed by atoms with van der Waals surface area (Å²) in [7, 11) is 1.88. The molecule has 0 spiro atoms. The smallest absolute Gasteiger partial charge is 0.272 e. The molecular weight excluding hydrogens is 328 g/mol. The van der Waals surface area contributed by atoms with Crippen LogP contribution in [0.3, 0.4) is 0 Å². The predicted molar refractivity (Wildman–Crippen MR) is 99.5 cm³/mol. The van der Waals surface area contributed by atoms with E-state index in [9.17, 15) is 9.59 Å². The number of aromatic amines is 1. The Hall–Kier alpha value is -2.37. The summed E-state index contributed by atoms with van der Waals surface area (Å²) in [6.45, 7) is 3.32. The van der Waals surface area contributed by atoms with E-state index in [0.717, 1.165) is 73.4 Å². The van der Waals surface area contributed by atoms with Crippen molar-refractivity contribution in [2.75, 3.05) is 13.1 Å². The molecule has 4 rings (SSSR count). The van der Waals surface area contributed by atoms with Crippen LogP contribution in [0.25, 0.3) is 0 Å². The molecule has 26 heavy (non-hydrogen) atoms. The average Bonchev–Trinajstić information content (AvgIpc) is 2.96. The van der Waals surface area contributed by atoms with E-state index >= 15 is 0 Å². The minimum absolute atomic E-state index is 0.0282. The number of amides is 1. The molecule has 2 aromatic heterocycles. The van der Waals surface area contributed by atoms with Crippen molar-refractivity contribution in [1.29, 1.82) is 0 Å². The third-order valence-electron chi connectivity index (χ3n) is 5.67. The quantitative estimate of drug-likeness (QED) is 0.900. The summed E-state index contributed by atoms with van der Waals surface area (Å²) in [5.41, 5.74) is 4.85. The van der Waals surface area contributed by atoms with Crippen LogP contribution in [0, 0.1) is 6.92 Å². The van der Waals surface area contributed by atoms with Crippen LogP contribution >= 0.6 is 0 Å². The van der Waals surface area contributed by atoms with Crippen molar-refractivity contribution in [1.82, 2.24) is 19.7 Å². The molecule has 1 atom stereocenters. The molecule has 0 saturated carbocycles. The second-order valence-electron chi connectivity index (χ2n) is 7.65. The Labute approximate surface area is 153 Å². The van der Waals surface area contributed by atoms with Crippen molar-refractivity contribution < 1.29 is 4.79 Å². The molecular formula is C20H26N4O2. The van der Waals surface area contributed by atoms with Gasteiger partial charge in [0.2, 0.25) is 0 Å². The van der Waals surface area contributed by atoms with Crippen LogP contribution in [-0.4, -0.2) is 38.7 Å². The standard InChI is InChI=1S/C20H26N4O2/c1-13-10-15(25)11-18(21-13)14-6-5-9-24(12-14)20(26)19-16-7-3-4-8-17(16)22-23(19)2/h10-11,14H,3-9,12H2,1-2H3,(H,21,25)/t14-/m1/s1. The first-order chi connectivity index (χ1) is 12.5. The molecule has 1 aliphatic carbocycles. The largest absolute Gasteiger partial charge is 0.362 e. The van der Waals surface area contributed by atoms with E-state index in [2.05, 4.69) is 10.1 Å². The number of nitrogens with one attached hydrogen (secondary N) is 1. The highest BCUT2D eigenvalue weighted by Crippen LogP contribution is 2.29. The Balaban J connectivity index is 1.59. The summed E-state index contributed by atoms with van der Waals surface area (Å²) < 4.78 is 1.77. The van der Waals surface area contributed by atoms with Gasteiger partial charge in [0.25, 0.3) is 5.91 Å². The maximum atomic E-state index is 13.3. The first-order valence-electron chi connectivity index (χ1n) is 9.58. The molecule has 2 aromatic rings. The molecule has 1 aliphatic heterocycles.